The minimum absolute atomic E-state index is 0.129. The summed E-state index contributed by atoms with van der Waals surface area (Å²) in [7, 11) is 3.18. The van der Waals surface area contributed by atoms with Crippen molar-refractivity contribution in [2.75, 3.05) is 21.0 Å². The van der Waals surface area contributed by atoms with Gasteiger partial charge in [0.05, 0.1) is 25.2 Å². The van der Waals surface area contributed by atoms with E-state index in [1.165, 1.54) is 12.1 Å². The first-order valence-corrected chi connectivity index (χ1v) is 11.4. The molecule has 3 aromatic carbocycles. The molecule has 33 heavy (non-hydrogen) atoms. The molecule has 0 fully saturated rings. The SMILES string of the molecule is COc1cccc(CN2C(Br)Cc3cc4c(cc3C2c2ccc(F)cc2F)OCO4)c1OC. The van der Waals surface area contributed by atoms with E-state index in [1.54, 1.807) is 14.2 Å². The lowest BCUT2D eigenvalue weighted by molar-refractivity contribution is 0.173. The molecule has 2 aliphatic rings. The summed E-state index contributed by atoms with van der Waals surface area (Å²) in [6.45, 7) is 0.585. The number of para-hydroxylation sites is 1. The smallest absolute Gasteiger partial charge is 0.231 e. The molecule has 0 aliphatic carbocycles. The van der Waals surface area contributed by atoms with Crippen LogP contribution >= 0.6 is 15.9 Å². The lowest BCUT2D eigenvalue weighted by atomic mass is 9.87. The summed E-state index contributed by atoms with van der Waals surface area (Å²) in [6.07, 6.45) is 0.664. The number of halogens is 3. The zero-order chi connectivity index (χ0) is 23.1. The number of benzene rings is 3. The van der Waals surface area contributed by atoms with Gasteiger partial charge in [-0.3, -0.25) is 4.90 Å². The van der Waals surface area contributed by atoms with Gasteiger partial charge in [-0.25, -0.2) is 8.78 Å². The maximum atomic E-state index is 15.1. The van der Waals surface area contributed by atoms with E-state index in [0.29, 0.717) is 41.5 Å². The Balaban J connectivity index is 1.65. The van der Waals surface area contributed by atoms with Gasteiger partial charge in [-0.05, 0) is 41.8 Å². The van der Waals surface area contributed by atoms with Crippen molar-refractivity contribution in [2.45, 2.75) is 24.0 Å². The molecule has 8 heteroatoms. The molecule has 0 saturated carbocycles. The van der Waals surface area contributed by atoms with E-state index >= 15 is 4.39 Å². The highest BCUT2D eigenvalue weighted by Crippen LogP contribution is 2.47. The molecule has 0 N–H and O–H groups in total. The largest absolute Gasteiger partial charge is 0.493 e. The summed E-state index contributed by atoms with van der Waals surface area (Å²) in [5, 5.41) is 0. The second kappa shape index (κ2) is 8.83. The quantitative estimate of drug-likeness (QED) is 0.326. The molecule has 5 rings (SSSR count). The van der Waals surface area contributed by atoms with E-state index in [4.69, 9.17) is 18.9 Å². The Hall–Kier alpha value is -2.84. The van der Waals surface area contributed by atoms with Gasteiger partial charge in [0, 0.05) is 23.7 Å². The fraction of sp³-hybridized carbons (Fsp3) is 0.280. The number of ether oxygens (including phenoxy) is 4. The van der Waals surface area contributed by atoms with Gasteiger partial charge in [-0.1, -0.05) is 34.1 Å². The fourth-order valence-electron chi connectivity index (χ4n) is 4.60. The molecule has 2 atom stereocenters. The maximum absolute atomic E-state index is 15.1. The maximum Gasteiger partial charge on any atom is 0.231 e. The number of alkyl halides is 1. The lowest BCUT2D eigenvalue weighted by Gasteiger charge is -2.41. The van der Waals surface area contributed by atoms with Crippen molar-refractivity contribution < 1.29 is 27.7 Å². The summed E-state index contributed by atoms with van der Waals surface area (Å²) in [5.41, 5.74) is 3.17. The van der Waals surface area contributed by atoms with Gasteiger partial charge in [0.2, 0.25) is 6.79 Å². The summed E-state index contributed by atoms with van der Waals surface area (Å²) >= 11 is 3.81. The molecular formula is C25H22BrF2NO4. The van der Waals surface area contributed by atoms with E-state index in [1.807, 2.05) is 30.3 Å². The topological polar surface area (TPSA) is 40.2 Å². The van der Waals surface area contributed by atoms with Crippen LogP contribution in [0, 0.1) is 11.6 Å². The van der Waals surface area contributed by atoms with Crippen molar-refractivity contribution >= 4 is 15.9 Å². The fourth-order valence-corrected chi connectivity index (χ4v) is 5.33. The van der Waals surface area contributed by atoms with Crippen molar-refractivity contribution in [3.05, 3.63) is 82.4 Å². The molecule has 172 valence electrons. The van der Waals surface area contributed by atoms with Gasteiger partial charge in [0.15, 0.2) is 23.0 Å². The number of hydrogen-bond donors (Lipinski definition) is 0. The Kier molecular flexibility index (Phi) is 5.88. The molecule has 5 nitrogen and oxygen atoms in total. The summed E-state index contributed by atoms with van der Waals surface area (Å²) in [4.78, 5) is 1.99. The van der Waals surface area contributed by atoms with Crippen LogP contribution in [0.4, 0.5) is 8.78 Å². The molecule has 2 aliphatic heterocycles. The third-order valence-corrected chi connectivity index (χ3v) is 6.95. The molecule has 2 unspecified atom stereocenters. The van der Waals surface area contributed by atoms with Crippen molar-refractivity contribution in [3.63, 3.8) is 0 Å². The highest BCUT2D eigenvalue weighted by atomic mass is 79.9. The molecule has 0 radical (unpaired) electrons. The Morgan fingerprint density at radius 3 is 2.52 bits per heavy atom. The molecule has 2 heterocycles. The third-order valence-electron chi connectivity index (χ3n) is 6.10. The van der Waals surface area contributed by atoms with Crippen LogP contribution in [0.5, 0.6) is 23.0 Å². The predicted molar refractivity (Wildman–Crippen MR) is 122 cm³/mol. The van der Waals surface area contributed by atoms with Crippen LogP contribution in [-0.4, -0.2) is 30.9 Å². The first kappa shape index (κ1) is 22.0. The Bertz CT molecular complexity index is 1210. The molecular weight excluding hydrogens is 496 g/mol. The molecule has 0 amide bonds. The normalized spacial score (nSPS) is 19.3. The number of methoxy groups -OCH3 is 2. The van der Waals surface area contributed by atoms with Gasteiger partial charge < -0.3 is 18.9 Å². The highest BCUT2D eigenvalue weighted by molar-refractivity contribution is 9.09. The van der Waals surface area contributed by atoms with Crippen LogP contribution in [0.3, 0.4) is 0 Å². The number of rotatable bonds is 5. The zero-order valence-electron chi connectivity index (χ0n) is 18.1. The second-order valence-electron chi connectivity index (χ2n) is 7.94. The van der Waals surface area contributed by atoms with Crippen LogP contribution in [0.2, 0.25) is 0 Å². The van der Waals surface area contributed by atoms with Crippen molar-refractivity contribution in [1.29, 1.82) is 0 Å². The minimum Gasteiger partial charge on any atom is -0.493 e. The standard InChI is InChI=1S/C25H22BrF2NO4/c1-30-20-5-3-4-14(25(20)31-2)12-29-23(26)9-15-8-21-22(33-13-32-21)11-18(15)24(29)17-7-6-16(27)10-19(17)28/h3-8,10-11,23-24H,9,12-13H2,1-2H3. The van der Waals surface area contributed by atoms with Gasteiger partial charge >= 0.3 is 0 Å². The lowest BCUT2D eigenvalue weighted by Crippen LogP contribution is -2.41. The Morgan fingerprint density at radius 1 is 1.00 bits per heavy atom. The Morgan fingerprint density at radius 2 is 1.79 bits per heavy atom. The second-order valence-corrected chi connectivity index (χ2v) is 8.99. The summed E-state index contributed by atoms with van der Waals surface area (Å²) in [5.74, 6) is 1.31. The van der Waals surface area contributed by atoms with Gasteiger partial charge in [0.25, 0.3) is 0 Å². The van der Waals surface area contributed by atoms with E-state index in [2.05, 4.69) is 20.8 Å². The van der Waals surface area contributed by atoms with Crippen LogP contribution < -0.4 is 18.9 Å². The molecule has 0 aromatic heterocycles. The summed E-state index contributed by atoms with van der Waals surface area (Å²) < 4.78 is 51.1. The average Bonchev–Trinajstić information content (AvgIpc) is 3.26. The predicted octanol–water partition coefficient (Wildman–Crippen LogP) is 5.58. The van der Waals surface area contributed by atoms with Crippen LogP contribution in [0.15, 0.2) is 48.5 Å². The molecule has 3 aromatic rings. The highest BCUT2D eigenvalue weighted by Gasteiger charge is 2.38. The van der Waals surface area contributed by atoms with E-state index in [9.17, 15) is 4.39 Å². The van der Waals surface area contributed by atoms with E-state index in [-0.39, 0.29) is 11.7 Å². The minimum atomic E-state index is -0.616. The zero-order valence-corrected chi connectivity index (χ0v) is 19.7. The van der Waals surface area contributed by atoms with Gasteiger partial charge in [0.1, 0.15) is 11.6 Å². The number of nitrogens with zero attached hydrogens (tertiary/aromatic N) is 1. The van der Waals surface area contributed by atoms with Crippen molar-refractivity contribution in [3.8, 4) is 23.0 Å². The number of hydrogen-bond acceptors (Lipinski definition) is 5. The molecule has 0 bridgehead atoms. The first-order valence-electron chi connectivity index (χ1n) is 10.5. The van der Waals surface area contributed by atoms with Crippen molar-refractivity contribution in [2.24, 2.45) is 0 Å². The van der Waals surface area contributed by atoms with E-state index < -0.39 is 17.7 Å². The van der Waals surface area contributed by atoms with Crippen LogP contribution in [0.1, 0.15) is 28.3 Å². The van der Waals surface area contributed by atoms with E-state index in [0.717, 1.165) is 22.8 Å². The van der Waals surface area contributed by atoms with Gasteiger partial charge in [-0.2, -0.15) is 0 Å². The first-order chi connectivity index (χ1) is 16.0. The van der Waals surface area contributed by atoms with Crippen LogP contribution in [-0.2, 0) is 13.0 Å². The van der Waals surface area contributed by atoms with Gasteiger partial charge in [-0.15, -0.1) is 0 Å². The van der Waals surface area contributed by atoms with Crippen LogP contribution in [0.25, 0.3) is 0 Å². The average molecular weight is 518 g/mol. The monoisotopic (exact) mass is 517 g/mol. The Labute approximate surface area is 199 Å². The van der Waals surface area contributed by atoms with Crippen molar-refractivity contribution in [1.82, 2.24) is 4.90 Å². The molecule has 0 spiro atoms. The molecule has 0 saturated heterocycles. The number of fused-ring (bicyclic) bond motifs is 2. The third kappa shape index (κ3) is 3.91. The summed E-state index contributed by atoms with van der Waals surface area (Å²) in [6, 6.07) is 12.7.